The molecule has 0 unspecified atom stereocenters. The zero-order valence-electron chi connectivity index (χ0n) is 6.47. The van der Waals surface area contributed by atoms with E-state index in [0.717, 1.165) is 0 Å². The van der Waals surface area contributed by atoms with Gasteiger partial charge in [-0.2, -0.15) is 0 Å². The minimum absolute atomic E-state index is 0.110. The van der Waals surface area contributed by atoms with Gasteiger partial charge in [0.1, 0.15) is 5.82 Å². The fraction of sp³-hybridized carbons (Fsp3) is 0.111. The van der Waals surface area contributed by atoms with Crippen LogP contribution in [0.4, 0.5) is 10.1 Å². The third kappa shape index (κ3) is 1.97. The van der Waals surface area contributed by atoms with Crippen LogP contribution in [0, 0.1) is 17.7 Å². The Morgan fingerprint density at radius 3 is 2.75 bits per heavy atom. The lowest BCUT2D eigenvalue weighted by Gasteiger charge is -1.95. The zero-order chi connectivity index (χ0) is 8.97. The van der Waals surface area contributed by atoms with Crippen molar-refractivity contribution in [1.29, 1.82) is 0 Å². The lowest BCUT2D eigenvalue weighted by atomic mass is 10.2. The number of rotatable bonds is 0. The normalized spacial score (nSPS) is 8.83. The van der Waals surface area contributed by atoms with Gasteiger partial charge in [-0.1, -0.05) is 11.8 Å². The molecular weight excluding hydrogens is 155 g/mol. The van der Waals surface area contributed by atoms with Crippen molar-refractivity contribution < 1.29 is 4.39 Å². The maximum Gasteiger partial charge on any atom is 0.146 e. The van der Waals surface area contributed by atoms with E-state index in [1.165, 1.54) is 12.1 Å². The summed E-state index contributed by atoms with van der Waals surface area (Å²) in [6.07, 6.45) is 0. The fourth-order valence-corrected chi connectivity index (χ4v) is 0.775. The molecule has 4 N–H and O–H groups in total. The van der Waals surface area contributed by atoms with Crippen LogP contribution in [0.3, 0.4) is 0 Å². The molecule has 0 aromatic heterocycles. The Morgan fingerprint density at radius 2 is 2.17 bits per heavy atom. The summed E-state index contributed by atoms with van der Waals surface area (Å²) in [6.45, 7) is 0.289. The highest BCUT2D eigenvalue weighted by Gasteiger charge is 1.96. The second-order valence-electron chi connectivity index (χ2n) is 2.24. The van der Waals surface area contributed by atoms with E-state index in [0.29, 0.717) is 5.56 Å². The first-order chi connectivity index (χ1) is 5.74. The lowest BCUT2D eigenvalue weighted by molar-refractivity contribution is 0.632. The minimum atomic E-state index is -0.423. The first-order valence-electron chi connectivity index (χ1n) is 3.48. The SMILES string of the molecule is NCC#Cc1ccc(F)c(N)c1. The highest BCUT2D eigenvalue weighted by molar-refractivity contribution is 5.48. The smallest absolute Gasteiger partial charge is 0.146 e. The van der Waals surface area contributed by atoms with Gasteiger partial charge in [0.15, 0.2) is 0 Å². The fourth-order valence-electron chi connectivity index (χ4n) is 0.775. The molecule has 0 radical (unpaired) electrons. The molecule has 1 rings (SSSR count). The van der Waals surface area contributed by atoms with Crippen LogP contribution in [0.5, 0.6) is 0 Å². The summed E-state index contributed by atoms with van der Waals surface area (Å²) in [5.41, 5.74) is 11.3. The van der Waals surface area contributed by atoms with Gasteiger partial charge in [-0.05, 0) is 18.2 Å². The van der Waals surface area contributed by atoms with Crippen LogP contribution in [0.1, 0.15) is 5.56 Å². The molecule has 2 nitrogen and oxygen atoms in total. The van der Waals surface area contributed by atoms with E-state index in [-0.39, 0.29) is 12.2 Å². The second kappa shape index (κ2) is 3.74. The molecule has 0 aliphatic heterocycles. The Labute approximate surface area is 70.4 Å². The Morgan fingerprint density at radius 1 is 1.42 bits per heavy atom. The molecule has 0 saturated carbocycles. The topological polar surface area (TPSA) is 52.0 Å². The summed E-state index contributed by atoms with van der Waals surface area (Å²) >= 11 is 0. The largest absolute Gasteiger partial charge is 0.396 e. The molecule has 1 aromatic carbocycles. The van der Waals surface area contributed by atoms with Crippen molar-refractivity contribution in [2.75, 3.05) is 12.3 Å². The average Bonchev–Trinajstić information content (AvgIpc) is 2.07. The molecule has 0 aliphatic carbocycles. The molecule has 0 atom stereocenters. The Kier molecular flexibility index (Phi) is 2.67. The Bertz CT molecular complexity index is 336. The van der Waals surface area contributed by atoms with Gasteiger partial charge in [0.2, 0.25) is 0 Å². The summed E-state index contributed by atoms with van der Waals surface area (Å²) in [5.74, 6) is 4.98. The van der Waals surface area contributed by atoms with Crippen LogP contribution >= 0.6 is 0 Å². The van der Waals surface area contributed by atoms with E-state index >= 15 is 0 Å². The number of anilines is 1. The average molecular weight is 164 g/mol. The maximum atomic E-state index is 12.6. The highest BCUT2D eigenvalue weighted by atomic mass is 19.1. The molecule has 0 spiro atoms. The van der Waals surface area contributed by atoms with Crippen molar-refractivity contribution in [2.45, 2.75) is 0 Å². The van der Waals surface area contributed by atoms with Crippen molar-refractivity contribution in [3.63, 3.8) is 0 Å². The molecule has 0 heterocycles. The number of halogens is 1. The van der Waals surface area contributed by atoms with Crippen LogP contribution < -0.4 is 11.5 Å². The molecule has 0 saturated heterocycles. The molecule has 3 heteroatoms. The predicted octanol–water partition coefficient (Wildman–Crippen LogP) is 0.718. The van der Waals surface area contributed by atoms with Gasteiger partial charge in [-0.3, -0.25) is 0 Å². The minimum Gasteiger partial charge on any atom is -0.396 e. The van der Waals surface area contributed by atoms with Crippen molar-refractivity contribution in [1.82, 2.24) is 0 Å². The first-order valence-corrected chi connectivity index (χ1v) is 3.48. The van der Waals surface area contributed by atoms with E-state index in [1.54, 1.807) is 6.07 Å². The standard InChI is InChI=1S/C9H9FN2/c10-8-4-3-7(2-1-5-11)6-9(8)12/h3-4,6H,5,11-12H2. The van der Waals surface area contributed by atoms with E-state index in [2.05, 4.69) is 11.8 Å². The molecule has 62 valence electrons. The van der Waals surface area contributed by atoms with Gasteiger partial charge in [-0.15, -0.1) is 0 Å². The summed E-state index contributed by atoms with van der Waals surface area (Å²) in [4.78, 5) is 0. The summed E-state index contributed by atoms with van der Waals surface area (Å²) in [5, 5.41) is 0. The third-order valence-corrected chi connectivity index (χ3v) is 1.33. The maximum absolute atomic E-state index is 12.6. The van der Waals surface area contributed by atoms with E-state index in [9.17, 15) is 4.39 Å². The van der Waals surface area contributed by atoms with Gasteiger partial charge in [0, 0.05) is 5.56 Å². The van der Waals surface area contributed by atoms with Gasteiger partial charge >= 0.3 is 0 Å². The first kappa shape index (κ1) is 8.57. The van der Waals surface area contributed by atoms with Gasteiger partial charge < -0.3 is 11.5 Å². The number of hydrogen-bond acceptors (Lipinski definition) is 2. The van der Waals surface area contributed by atoms with Crippen molar-refractivity contribution in [3.05, 3.63) is 29.6 Å². The number of benzene rings is 1. The Hall–Kier alpha value is -1.53. The van der Waals surface area contributed by atoms with Crippen LogP contribution in [0.15, 0.2) is 18.2 Å². The number of nitrogens with two attached hydrogens (primary N) is 2. The molecule has 0 aliphatic rings. The molecule has 0 amide bonds. The van der Waals surface area contributed by atoms with Crippen LogP contribution in [0.25, 0.3) is 0 Å². The quantitative estimate of drug-likeness (QED) is 0.438. The number of nitrogen functional groups attached to an aromatic ring is 1. The van der Waals surface area contributed by atoms with E-state index in [1.807, 2.05) is 0 Å². The van der Waals surface area contributed by atoms with Crippen LogP contribution in [0.2, 0.25) is 0 Å². The van der Waals surface area contributed by atoms with Crippen LogP contribution in [-0.4, -0.2) is 6.54 Å². The monoisotopic (exact) mass is 164 g/mol. The predicted molar refractivity (Wildman–Crippen MR) is 46.7 cm³/mol. The van der Waals surface area contributed by atoms with E-state index < -0.39 is 5.82 Å². The van der Waals surface area contributed by atoms with Crippen molar-refractivity contribution in [2.24, 2.45) is 5.73 Å². The van der Waals surface area contributed by atoms with Gasteiger partial charge in [-0.25, -0.2) is 4.39 Å². The zero-order valence-corrected chi connectivity index (χ0v) is 6.47. The molecule has 12 heavy (non-hydrogen) atoms. The molecule has 0 bridgehead atoms. The number of hydrogen-bond donors (Lipinski definition) is 2. The van der Waals surface area contributed by atoms with Crippen molar-refractivity contribution in [3.8, 4) is 11.8 Å². The molecule has 1 aromatic rings. The third-order valence-electron chi connectivity index (χ3n) is 1.33. The second-order valence-corrected chi connectivity index (χ2v) is 2.24. The lowest BCUT2D eigenvalue weighted by Crippen LogP contribution is -1.94. The van der Waals surface area contributed by atoms with Crippen LogP contribution in [-0.2, 0) is 0 Å². The summed E-state index contributed by atoms with van der Waals surface area (Å²) in [6, 6.07) is 4.34. The van der Waals surface area contributed by atoms with Gasteiger partial charge in [0.05, 0.1) is 12.2 Å². The molecule has 0 fully saturated rings. The van der Waals surface area contributed by atoms with Crippen molar-refractivity contribution >= 4 is 5.69 Å². The molecular formula is C9H9FN2. The summed E-state index contributed by atoms with van der Waals surface area (Å²) < 4.78 is 12.6. The highest BCUT2D eigenvalue weighted by Crippen LogP contribution is 2.10. The van der Waals surface area contributed by atoms with E-state index in [4.69, 9.17) is 11.5 Å². The Balaban J connectivity index is 2.97. The summed E-state index contributed by atoms with van der Waals surface area (Å²) in [7, 11) is 0. The van der Waals surface area contributed by atoms with Gasteiger partial charge in [0.25, 0.3) is 0 Å².